The first kappa shape index (κ1) is 22.5. The number of aliphatic hydroxyl groups is 1. The molecule has 0 spiro atoms. The molecule has 1 aromatic carbocycles. The Hall–Kier alpha value is -1.74. The molecule has 0 radical (unpaired) electrons. The number of nitrogens with one attached hydrogen (secondary N) is 1. The van der Waals surface area contributed by atoms with E-state index >= 15 is 0 Å². The van der Waals surface area contributed by atoms with Crippen LogP contribution in [0.1, 0.15) is 12.0 Å². The summed E-state index contributed by atoms with van der Waals surface area (Å²) in [6.45, 7) is 4.73. The molecule has 9 heteroatoms. The van der Waals surface area contributed by atoms with Gasteiger partial charge in [-0.25, -0.2) is 4.39 Å². The zero-order valence-electron chi connectivity index (χ0n) is 15.8. The fourth-order valence-electron chi connectivity index (χ4n) is 3.61. The maximum absolute atomic E-state index is 13.9. The van der Waals surface area contributed by atoms with Crippen molar-refractivity contribution in [3.8, 4) is 0 Å². The third-order valence-electron chi connectivity index (χ3n) is 5.22. The minimum Gasteiger partial charge on any atom is -0.395 e. The Bertz CT molecular complexity index is 670. The van der Waals surface area contributed by atoms with Gasteiger partial charge in [0.05, 0.1) is 19.1 Å². The molecule has 3 rings (SSSR count). The molecule has 2 saturated heterocycles. The fraction of sp³-hybridized carbons (Fsp3) is 0.579. The van der Waals surface area contributed by atoms with E-state index in [2.05, 4.69) is 10.2 Å². The lowest BCUT2D eigenvalue weighted by atomic mass is 10.1. The quantitative estimate of drug-likeness (QED) is 0.689. The zero-order valence-corrected chi connectivity index (χ0v) is 16.7. The molecule has 0 aliphatic carbocycles. The summed E-state index contributed by atoms with van der Waals surface area (Å²) in [4.78, 5) is 30.8. The van der Waals surface area contributed by atoms with Crippen LogP contribution in [-0.4, -0.2) is 90.1 Å². The topological polar surface area (TPSA) is 76.1 Å². The number of aliphatic hydroxyl groups excluding tert-OH is 1. The smallest absolute Gasteiger partial charge is 0.240 e. The maximum atomic E-state index is 13.9. The Morgan fingerprint density at radius 1 is 1.18 bits per heavy atom. The van der Waals surface area contributed by atoms with Crippen LogP contribution in [0.2, 0.25) is 0 Å². The number of hydrogen-bond acceptors (Lipinski definition) is 5. The average molecular weight is 415 g/mol. The molecule has 1 unspecified atom stereocenters. The van der Waals surface area contributed by atoms with E-state index in [1.807, 2.05) is 0 Å². The van der Waals surface area contributed by atoms with Gasteiger partial charge in [0.15, 0.2) is 0 Å². The molecule has 7 nitrogen and oxygen atoms in total. The molecule has 0 aromatic heterocycles. The number of piperazine rings is 2. The molecule has 2 N–H and O–H groups in total. The van der Waals surface area contributed by atoms with Crippen LogP contribution >= 0.6 is 12.4 Å². The fourth-order valence-corrected chi connectivity index (χ4v) is 3.61. The molecule has 2 amide bonds. The van der Waals surface area contributed by atoms with Gasteiger partial charge in [-0.2, -0.15) is 0 Å². The normalized spacial score (nSPS) is 20.8. The first-order valence-electron chi connectivity index (χ1n) is 9.45. The van der Waals surface area contributed by atoms with Gasteiger partial charge >= 0.3 is 0 Å². The van der Waals surface area contributed by atoms with Crippen molar-refractivity contribution in [3.05, 3.63) is 35.6 Å². The van der Waals surface area contributed by atoms with E-state index in [4.69, 9.17) is 5.11 Å². The van der Waals surface area contributed by atoms with E-state index in [1.165, 1.54) is 6.07 Å². The standard InChI is InChI=1S/C19H27FN4O3.ClH/c20-16-4-2-1-3-15(16)14-24-6-5-21-17(19(24)27)13-18(26)23-9-7-22(8-10-23)11-12-25;/h1-4,17,21,25H,5-14H2;1H. The molecule has 0 bridgehead atoms. The van der Waals surface area contributed by atoms with E-state index in [0.717, 1.165) is 13.1 Å². The van der Waals surface area contributed by atoms with Crippen LogP contribution in [0.25, 0.3) is 0 Å². The Kier molecular flexibility index (Phi) is 8.62. The number of benzene rings is 1. The number of hydrogen-bond donors (Lipinski definition) is 2. The number of amides is 2. The largest absolute Gasteiger partial charge is 0.395 e. The summed E-state index contributed by atoms with van der Waals surface area (Å²) in [7, 11) is 0. The lowest BCUT2D eigenvalue weighted by molar-refractivity contribution is -0.142. The first-order valence-corrected chi connectivity index (χ1v) is 9.45. The zero-order chi connectivity index (χ0) is 19.2. The highest BCUT2D eigenvalue weighted by Crippen LogP contribution is 2.14. The summed E-state index contributed by atoms with van der Waals surface area (Å²) >= 11 is 0. The molecule has 28 heavy (non-hydrogen) atoms. The van der Waals surface area contributed by atoms with Gasteiger partial charge in [0, 0.05) is 57.9 Å². The van der Waals surface area contributed by atoms with Crippen LogP contribution in [0.3, 0.4) is 0 Å². The third-order valence-corrected chi connectivity index (χ3v) is 5.22. The number of β-amino-alcohol motifs (C(OH)–C–C–N with tert-alkyl or cyclic N) is 1. The summed E-state index contributed by atoms with van der Waals surface area (Å²) in [5.41, 5.74) is 0.484. The summed E-state index contributed by atoms with van der Waals surface area (Å²) < 4.78 is 13.9. The summed E-state index contributed by atoms with van der Waals surface area (Å²) in [6.07, 6.45) is 0.118. The van der Waals surface area contributed by atoms with Crippen LogP contribution in [0, 0.1) is 5.82 Å². The molecule has 1 atom stereocenters. The van der Waals surface area contributed by atoms with E-state index in [1.54, 1.807) is 28.0 Å². The van der Waals surface area contributed by atoms with Gasteiger partial charge in [0.25, 0.3) is 0 Å². The first-order chi connectivity index (χ1) is 13.1. The molecule has 1 aromatic rings. The van der Waals surface area contributed by atoms with Crippen LogP contribution in [0.4, 0.5) is 4.39 Å². The number of halogens is 2. The van der Waals surface area contributed by atoms with E-state index in [-0.39, 0.29) is 49.6 Å². The highest BCUT2D eigenvalue weighted by atomic mass is 35.5. The summed E-state index contributed by atoms with van der Waals surface area (Å²) in [6, 6.07) is 5.88. The van der Waals surface area contributed by atoms with Gasteiger partial charge in [-0.1, -0.05) is 18.2 Å². The van der Waals surface area contributed by atoms with Gasteiger partial charge in [-0.05, 0) is 6.07 Å². The second kappa shape index (κ2) is 10.7. The van der Waals surface area contributed by atoms with E-state index in [9.17, 15) is 14.0 Å². The summed E-state index contributed by atoms with van der Waals surface area (Å²) in [5, 5.41) is 12.1. The molecular formula is C19H28ClFN4O3. The Labute approximate surface area is 170 Å². The molecule has 0 saturated carbocycles. The van der Waals surface area contributed by atoms with Crippen molar-refractivity contribution in [3.63, 3.8) is 0 Å². The molecule has 156 valence electrons. The highest BCUT2D eigenvalue weighted by molar-refractivity contribution is 5.89. The predicted molar refractivity (Wildman–Crippen MR) is 106 cm³/mol. The monoisotopic (exact) mass is 414 g/mol. The summed E-state index contributed by atoms with van der Waals surface area (Å²) in [5.74, 6) is -0.522. The van der Waals surface area contributed by atoms with Gasteiger partial charge in [0.1, 0.15) is 5.82 Å². The predicted octanol–water partition coefficient (Wildman–Crippen LogP) is 0.0745. The number of rotatable bonds is 6. The number of carbonyl (C=O) groups is 2. The van der Waals surface area contributed by atoms with Crippen molar-refractivity contribution in [2.24, 2.45) is 0 Å². The highest BCUT2D eigenvalue weighted by Gasteiger charge is 2.32. The van der Waals surface area contributed by atoms with Crippen LogP contribution < -0.4 is 5.32 Å². The van der Waals surface area contributed by atoms with Crippen molar-refractivity contribution < 1.29 is 19.1 Å². The molecular weight excluding hydrogens is 387 g/mol. The minimum atomic E-state index is -0.562. The van der Waals surface area contributed by atoms with Crippen molar-refractivity contribution >= 4 is 24.2 Å². The van der Waals surface area contributed by atoms with Crippen LogP contribution in [0.5, 0.6) is 0 Å². The maximum Gasteiger partial charge on any atom is 0.240 e. The van der Waals surface area contributed by atoms with E-state index in [0.29, 0.717) is 38.3 Å². The Balaban J connectivity index is 0.00000280. The van der Waals surface area contributed by atoms with E-state index < -0.39 is 6.04 Å². The Morgan fingerprint density at radius 3 is 2.57 bits per heavy atom. The minimum absolute atomic E-state index is 0. The second-order valence-corrected chi connectivity index (χ2v) is 7.01. The lowest BCUT2D eigenvalue weighted by Gasteiger charge is -2.37. The third kappa shape index (κ3) is 5.64. The lowest BCUT2D eigenvalue weighted by Crippen LogP contribution is -2.57. The molecule has 2 fully saturated rings. The van der Waals surface area contributed by atoms with Gasteiger partial charge < -0.3 is 20.2 Å². The molecule has 2 aliphatic rings. The van der Waals surface area contributed by atoms with Crippen molar-refractivity contribution in [1.29, 1.82) is 0 Å². The van der Waals surface area contributed by atoms with Crippen molar-refractivity contribution in [2.45, 2.75) is 19.0 Å². The SMILES string of the molecule is Cl.O=C(CC1NCCN(Cc2ccccc2F)C1=O)N1CCN(CCO)CC1. The van der Waals surface area contributed by atoms with Crippen LogP contribution in [0.15, 0.2) is 24.3 Å². The average Bonchev–Trinajstić information content (AvgIpc) is 2.67. The number of nitrogens with zero attached hydrogens (tertiary/aromatic N) is 3. The van der Waals surface area contributed by atoms with Crippen molar-refractivity contribution in [1.82, 2.24) is 20.0 Å². The Morgan fingerprint density at radius 2 is 1.89 bits per heavy atom. The second-order valence-electron chi connectivity index (χ2n) is 7.01. The van der Waals surface area contributed by atoms with Gasteiger partial charge in [0.2, 0.25) is 11.8 Å². The van der Waals surface area contributed by atoms with Gasteiger partial charge in [-0.15, -0.1) is 12.4 Å². The molecule has 2 heterocycles. The van der Waals surface area contributed by atoms with Crippen LogP contribution in [-0.2, 0) is 16.1 Å². The van der Waals surface area contributed by atoms with Gasteiger partial charge in [-0.3, -0.25) is 14.5 Å². The molecule has 2 aliphatic heterocycles. The number of carbonyl (C=O) groups excluding carboxylic acids is 2. The van der Waals surface area contributed by atoms with Crippen molar-refractivity contribution in [2.75, 3.05) is 52.4 Å².